The molecule has 7 nitrogen and oxygen atoms in total. The van der Waals surface area contributed by atoms with Gasteiger partial charge in [0.15, 0.2) is 5.96 Å². The first-order chi connectivity index (χ1) is 16.2. The van der Waals surface area contributed by atoms with E-state index in [1.165, 1.54) is 11.1 Å². The predicted octanol–water partition coefficient (Wildman–Crippen LogP) is 3.85. The maximum absolute atomic E-state index is 6.18. The molecule has 7 heteroatoms. The third-order valence-electron chi connectivity index (χ3n) is 5.69. The van der Waals surface area contributed by atoms with Gasteiger partial charge in [-0.05, 0) is 43.5 Å². The Morgan fingerprint density at radius 3 is 2.91 bits per heavy atom. The Bertz CT molecular complexity index is 1040. The summed E-state index contributed by atoms with van der Waals surface area (Å²) >= 11 is 0. The maximum Gasteiger partial charge on any atom is 0.191 e. The van der Waals surface area contributed by atoms with Crippen molar-refractivity contribution < 1.29 is 9.47 Å². The van der Waals surface area contributed by atoms with Gasteiger partial charge in [0.25, 0.3) is 0 Å². The van der Waals surface area contributed by atoms with E-state index in [9.17, 15) is 0 Å². The molecule has 33 heavy (non-hydrogen) atoms. The van der Waals surface area contributed by atoms with Crippen molar-refractivity contribution in [3.05, 3.63) is 77.9 Å². The van der Waals surface area contributed by atoms with Crippen LogP contribution in [-0.2, 0) is 17.8 Å². The summed E-state index contributed by atoms with van der Waals surface area (Å²) in [6, 6.07) is 14.6. The van der Waals surface area contributed by atoms with Gasteiger partial charge in [-0.1, -0.05) is 30.3 Å². The average Bonchev–Trinajstić information content (AvgIpc) is 3.55. The molecule has 0 spiro atoms. The number of hydrogen-bond donors (Lipinski definition) is 2. The molecule has 2 N–H and O–H groups in total. The lowest BCUT2D eigenvalue weighted by Crippen LogP contribution is -2.37. The number of guanidine groups is 1. The third-order valence-corrected chi connectivity index (χ3v) is 5.69. The molecule has 0 radical (unpaired) electrons. The number of imidazole rings is 1. The molecule has 0 amide bonds. The van der Waals surface area contributed by atoms with E-state index in [0.717, 1.165) is 49.1 Å². The third kappa shape index (κ3) is 6.35. The Morgan fingerprint density at radius 1 is 1.21 bits per heavy atom. The average molecular weight is 448 g/mol. The van der Waals surface area contributed by atoms with E-state index in [2.05, 4.69) is 59.8 Å². The fourth-order valence-electron chi connectivity index (χ4n) is 3.85. The van der Waals surface area contributed by atoms with Crippen LogP contribution in [0.15, 0.2) is 66.2 Å². The minimum absolute atomic E-state index is 0.469. The van der Waals surface area contributed by atoms with E-state index in [1.807, 2.05) is 29.2 Å². The molecule has 174 valence electrons. The van der Waals surface area contributed by atoms with Crippen LogP contribution in [0.4, 0.5) is 0 Å². The van der Waals surface area contributed by atoms with Gasteiger partial charge in [0, 0.05) is 43.6 Å². The van der Waals surface area contributed by atoms with Crippen molar-refractivity contribution in [1.29, 1.82) is 0 Å². The minimum atomic E-state index is 0.469. The number of ether oxygens (including phenoxy) is 2. The van der Waals surface area contributed by atoms with Crippen molar-refractivity contribution >= 4 is 5.96 Å². The summed E-state index contributed by atoms with van der Waals surface area (Å²) in [6.45, 7) is 8.43. The lowest BCUT2D eigenvalue weighted by Gasteiger charge is -2.16. The monoisotopic (exact) mass is 447 g/mol. The number of hydrogen-bond acceptors (Lipinski definition) is 4. The van der Waals surface area contributed by atoms with Crippen LogP contribution in [0.3, 0.4) is 0 Å². The summed E-state index contributed by atoms with van der Waals surface area (Å²) in [4.78, 5) is 9.00. The molecule has 1 fully saturated rings. The number of aromatic nitrogens is 2. The quantitative estimate of drug-likeness (QED) is 0.385. The highest BCUT2D eigenvalue weighted by Crippen LogP contribution is 2.23. The second-order valence-corrected chi connectivity index (χ2v) is 8.30. The van der Waals surface area contributed by atoms with Gasteiger partial charge in [0.2, 0.25) is 0 Å². The van der Waals surface area contributed by atoms with Gasteiger partial charge in [-0.25, -0.2) is 9.98 Å². The van der Waals surface area contributed by atoms with E-state index in [1.54, 1.807) is 6.20 Å². The van der Waals surface area contributed by atoms with Gasteiger partial charge in [-0.2, -0.15) is 0 Å². The second kappa shape index (κ2) is 11.5. The van der Waals surface area contributed by atoms with Crippen molar-refractivity contribution in [3.63, 3.8) is 0 Å². The number of nitrogens with zero attached hydrogens (tertiary/aromatic N) is 3. The first-order valence-electron chi connectivity index (χ1n) is 11.6. The zero-order valence-corrected chi connectivity index (χ0v) is 19.5. The van der Waals surface area contributed by atoms with Gasteiger partial charge < -0.3 is 24.7 Å². The van der Waals surface area contributed by atoms with Crippen LogP contribution >= 0.6 is 0 Å². The van der Waals surface area contributed by atoms with Gasteiger partial charge in [-0.15, -0.1) is 0 Å². The van der Waals surface area contributed by atoms with E-state index in [-0.39, 0.29) is 0 Å². The molecule has 1 aromatic heterocycles. The molecule has 0 saturated carbocycles. The Morgan fingerprint density at radius 2 is 2.12 bits per heavy atom. The highest BCUT2D eigenvalue weighted by atomic mass is 16.5. The van der Waals surface area contributed by atoms with Crippen LogP contribution in [0.25, 0.3) is 5.69 Å². The van der Waals surface area contributed by atoms with E-state index < -0.39 is 0 Å². The fraction of sp³-hybridized carbons (Fsp3) is 0.385. The van der Waals surface area contributed by atoms with Crippen LogP contribution in [0.1, 0.15) is 30.0 Å². The SMILES string of the molecule is CCNC(=NCc1ccc(C)cc1OCC1CCOC1)NCc1ccccc1-n1ccnc1. The Hall–Kier alpha value is -3.32. The molecule has 2 aromatic carbocycles. The smallest absolute Gasteiger partial charge is 0.191 e. The predicted molar refractivity (Wildman–Crippen MR) is 131 cm³/mol. The molecular weight excluding hydrogens is 414 g/mol. The molecule has 4 rings (SSSR count). The van der Waals surface area contributed by atoms with Crippen LogP contribution in [0, 0.1) is 12.8 Å². The topological polar surface area (TPSA) is 72.7 Å². The largest absolute Gasteiger partial charge is 0.493 e. The summed E-state index contributed by atoms with van der Waals surface area (Å²) in [6.07, 6.45) is 6.62. The normalized spacial score (nSPS) is 16.1. The van der Waals surface area contributed by atoms with Crippen LogP contribution in [-0.4, -0.2) is 41.9 Å². The summed E-state index contributed by atoms with van der Waals surface area (Å²) in [5.41, 5.74) is 4.53. The summed E-state index contributed by atoms with van der Waals surface area (Å²) in [5, 5.41) is 6.81. The van der Waals surface area contributed by atoms with Crippen LogP contribution in [0.5, 0.6) is 5.75 Å². The van der Waals surface area contributed by atoms with Crippen molar-refractivity contribution in [2.75, 3.05) is 26.4 Å². The standard InChI is InChI=1S/C26H33N5O2/c1-3-28-26(29-15-22-6-4-5-7-24(22)31-12-11-27-19-31)30-16-23-9-8-20(2)14-25(23)33-18-21-10-13-32-17-21/h4-9,11-12,14,19,21H,3,10,13,15-18H2,1-2H3,(H2,28,29,30). The van der Waals surface area contributed by atoms with E-state index >= 15 is 0 Å². The van der Waals surface area contributed by atoms with Crippen molar-refractivity contribution in [1.82, 2.24) is 20.2 Å². The molecule has 1 saturated heterocycles. The van der Waals surface area contributed by atoms with Gasteiger partial charge in [0.05, 0.1) is 31.8 Å². The first kappa shape index (κ1) is 22.9. The van der Waals surface area contributed by atoms with Crippen LogP contribution < -0.4 is 15.4 Å². The molecule has 1 aliphatic rings. The van der Waals surface area contributed by atoms with Crippen molar-refractivity contribution in [3.8, 4) is 11.4 Å². The molecule has 2 heterocycles. The lowest BCUT2D eigenvalue weighted by molar-refractivity contribution is 0.166. The Balaban J connectivity index is 1.44. The number of aliphatic imine (C=N–C) groups is 1. The molecule has 0 bridgehead atoms. The minimum Gasteiger partial charge on any atom is -0.493 e. The van der Waals surface area contributed by atoms with Crippen molar-refractivity contribution in [2.24, 2.45) is 10.9 Å². The second-order valence-electron chi connectivity index (χ2n) is 8.30. The Labute approximate surface area is 195 Å². The maximum atomic E-state index is 6.18. The number of para-hydroxylation sites is 1. The summed E-state index contributed by atoms with van der Waals surface area (Å²) < 4.78 is 13.7. The molecule has 3 aromatic rings. The van der Waals surface area contributed by atoms with Gasteiger partial charge in [-0.3, -0.25) is 0 Å². The summed E-state index contributed by atoms with van der Waals surface area (Å²) in [5.74, 6) is 2.15. The lowest BCUT2D eigenvalue weighted by atomic mass is 10.1. The summed E-state index contributed by atoms with van der Waals surface area (Å²) in [7, 11) is 0. The number of rotatable bonds is 9. The Kier molecular flexibility index (Phi) is 7.98. The number of benzene rings is 2. The molecule has 1 aliphatic heterocycles. The van der Waals surface area contributed by atoms with E-state index in [4.69, 9.17) is 14.5 Å². The number of nitrogens with one attached hydrogen (secondary N) is 2. The zero-order chi connectivity index (χ0) is 22.9. The molecule has 1 atom stereocenters. The van der Waals surface area contributed by atoms with E-state index in [0.29, 0.717) is 25.6 Å². The molecule has 1 unspecified atom stereocenters. The number of aryl methyl sites for hydroxylation is 1. The molecular formula is C26H33N5O2. The zero-order valence-electron chi connectivity index (χ0n) is 19.5. The van der Waals surface area contributed by atoms with Crippen molar-refractivity contribution in [2.45, 2.75) is 33.4 Å². The highest BCUT2D eigenvalue weighted by Gasteiger charge is 2.17. The van der Waals surface area contributed by atoms with Gasteiger partial charge >= 0.3 is 0 Å². The highest BCUT2D eigenvalue weighted by molar-refractivity contribution is 5.79. The molecule has 0 aliphatic carbocycles. The van der Waals surface area contributed by atoms with Gasteiger partial charge in [0.1, 0.15) is 5.75 Å². The first-order valence-corrected chi connectivity index (χ1v) is 11.6. The van der Waals surface area contributed by atoms with Crippen LogP contribution in [0.2, 0.25) is 0 Å². The fourth-order valence-corrected chi connectivity index (χ4v) is 3.85.